The average Bonchev–Trinajstić information content (AvgIpc) is 2.76. The summed E-state index contributed by atoms with van der Waals surface area (Å²) >= 11 is 0. The Morgan fingerprint density at radius 1 is 0.897 bits per heavy atom. The molecule has 0 saturated carbocycles. The van der Waals surface area contributed by atoms with Gasteiger partial charge in [0.25, 0.3) is 0 Å². The maximum atomic E-state index is 5.39. The molecule has 0 fully saturated rings. The second-order valence-electron chi connectivity index (χ2n) is 8.70. The predicted molar refractivity (Wildman–Crippen MR) is 127 cm³/mol. The molecule has 166 valence electrons. The molecular weight excluding hydrogens is 356 g/mol. The van der Waals surface area contributed by atoms with Gasteiger partial charge in [0.1, 0.15) is 5.75 Å². The van der Waals surface area contributed by atoms with Gasteiger partial charge in [-0.2, -0.15) is 0 Å². The summed E-state index contributed by atoms with van der Waals surface area (Å²) in [5, 5.41) is 0. The largest absolute Gasteiger partial charge is 0.497 e. The van der Waals surface area contributed by atoms with Crippen LogP contribution in [0.2, 0.25) is 0 Å². The van der Waals surface area contributed by atoms with Crippen molar-refractivity contribution in [1.29, 1.82) is 0 Å². The highest BCUT2D eigenvalue weighted by Crippen LogP contribution is 2.30. The van der Waals surface area contributed by atoms with E-state index in [4.69, 9.17) is 4.74 Å². The summed E-state index contributed by atoms with van der Waals surface area (Å²) in [4.78, 5) is 5.22. The van der Waals surface area contributed by atoms with Crippen LogP contribution in [0.15, 0.2) is 18.2 Å². The van der Waals surface area contributed by atoms with Gasteiger partial charge >= 0.3 is 0 Å². The molecule has 2 rings (SSSR count). The third-order valence-corrected chi connectivity index (χ3v) is 6.43. The number of unbranched alkanes of at least 4 members (excludes halogenated alkanes) is 8. The van der Waals surface area contributed by atoms with Crippen molar-refractivity contribution in [3.8, 4) is 5.75 Å². The number of nitrogens with zero attached hydrogens (tertiary/aromatic N) is 2. The molecule has 1 aliphatic heterocycles. The van der Waals surface area contributed by atoms with Crippen LogP contribution in [0.3, 0.4) is 0 Å². The first-order valence-corrected chi connectivity index (χ1v) is 12.4. The van der Waals surface area contributed by atoms with Crippen molar-refractivity contribution in [2.75, 3.05) is 44.7 Å². The lowest BCUT2D eigenvalue weighted by Gasteiger charge is -2.31. The van der Waals surface area contributed by atoms with E-state index in [2.05, 4.69) is 41.8 Å². The molecule has 1 aromatic carbocycles. The zero-order chi connectivity index (χ0) is 20.7. The zero-order valence-corrected chi connectivity index (χ0v) is 19.6. The lowest BCUT2D eigenvalue weighted by molar-refractivity contribution is 0.276. The van der Waals surface area contributed by atoms with Gasteiger partial charge in [0, 0.05) is 18.8 Å². The number of rotatable bonds is 16. The minimum atomic E-state index is 0.994. The van der Waals surface area contributed by atoms with Crippen LogP contribution in [-0.4, -0.2) is 44.7 Å². The molecule has 0 atom stereocenters. The molecule has 1 aliphatic rings. The van der Waals surface area contributed by atoms with Gasteiger partial charge in [-0.1, -0.05) is 58.8 Å². The third kappa shape index (κ3) is 8.99. The van der Waals surface area contributed by atoms with Crippen LogP contribution in [0.1, 0.15) is 90.0 Å². The van der Waals surface area contributed by atoms with Gasteiger partial charge in [-0.25, -0.2) is 0 Å². The second kappa shape index (κ2) is 14.7. The summed E-state index contributed by atoms with van der Waals surface area (Å²) in [5.41, 5.74) is 2.91. The highest BCUT2D eigenvalue weighted by atomic mass is 16.5. The molecular formula is C26H46N2O. The number of aryl methyl sites for hydroxylation is 1. The Morgan fingerprint density at radius 3 is 2.28 bits per heavy atom. The summed E-state index contributed by atoms with van der Waals surface area (Å²) in [6, 6.07) is 6.60. The monoisotopic (exact) mass is 402 g/mol. The Hall–Kier alpha value is -1.22. The van der Waals surface area contributed by atoms with Crippen molar-refractivity contribution in [1.82, 2.24) is 4.90 Å². The molecule has 1 aromatic rings. The SMILES string of the molecule is CCCCN(CC)CCCCCCCCCCN1CCCc2cc(OC)ccc21. The standard InChI is InChI=1S/C26H46N2O/c1-4-6-19-27(5-2)20-13-11-9-7-8-10-12-14-21-28-22-15-16-24-23-25(29-3)17-18-26(24)28/h17-18,23H,4-16,19-22H2,1-3H3. The molecule has 0 aromatic heterocycles. The van der Waals surface area contributed by atoms with Crippen molar-refractivity contribution >= 4 is 5.69 Å². The maximum Gasteiger partial charge on any atom is 0.119 e. The van der Waals surface area contributed by atoms with E-state index in [-0.39, 0.29) is 0 Å². The van der Waals surface area contributed by atoms with Crippen molar-refractivity contribution in [2.45, 2.75) is 90.9 Å². The molecule has 0 aliphatic carbocycles. The topological polar surface area (TPSA) is 15.7 Å². The highest BCUT2D eigenvalue weighted by molar-refractivity contribution is 5.58. The van der Waals surface area contributed by atoms with Crippen LogP contribution in [-0.2, 0) is 6.42 Å². The fourth-order valence-corrected chi connectivity index (χ4v) is 4.52. The van der Waals surface area contributed by atoms with Gasteiger partial charge in [-0.3, -0.25) is 0 Å². The molecule has 1 heterocycles. The number of fused-ring (bicyclic) bond motifs is 1. The quantitative estimate of drug-likeness (QED) is 0.286. The van der Waals surface area contributed by atoms with Gasteiger partial charge in [0.05, 0.1) is 7.11 Å². The molecule has 3 heteroatoms. The summed E-state index contributed by atoms with van der Waals surface area (Å²) in [7, 11) is 1.76. The van der Waals surface area contributed by atoms with Gasteiger partial charge < -0.3 is 14.5 Å². The Bertz CT molecular complexity index is 546. The van der Waals surface area contributed by atoms with Crippen LogP contribution in [0, 0.1) is 0 Å². The number of methoxy groups -OCH3 is 1. The van der Waals surface area contributed by atoms with E-state index in [1.54, 1.807) is 7.11 Å². The second-order valence-corrected chi connectivity index (χ2v) is 8.70. The van der Waals surface area contributed by atoms with Crippen molar-refractivity contribution in [3.05, 3.63) is 23.8 Å². The van der Waals surface area contributed by atoms with Crippen LogP contribution in [0.25, 0.3) is 0 Å². The van der Waals surface area contributed by atoms with Crippen molar-refractivity contribution in [3.63, 3.8) is 0 Å². The van der Waals surface area contributed by atoms with Crippen LogP contribution in [0.5, 0.6) is 5.75 Å². The summed E-state index contributed by atoms with van der Waals surface area (Å²) in [6.45, 7) is 10.8. The number of benzene rings is 1. The molecule has 0 spiro atoms. The Morgan fingerprint density at radius 2 is 1.59 bits per heavy atom. The van der Waals surface area contributed by atoms with Gasteiger partial charge in [0.15, 0.2) is 0 Å². The smallest absolute Gasteiger partial charge is 0.119 e. The van der Waals surface area contributed by atoms with E-state index in [1.165, 1.54) is 121 Å². The molecule has 29 heavy (non-hydrogen) atoms. The average molecular weight is 403 g/mol. The first-order chi connectivity index (χ1) is 14.3. The van der Waals surface area contributed by atoms with Crippen molar-refractivity contribution in [2.24, 2.45) is 0 Å². The van der Waals surface area contributed by atoms with Crippen LogP contribution in [0.4, 0.5) is 5.69 Å². The molecule has 0 saturated heterocycles. The van der Waals surface area contributed by atoms with E-state index >= 15 is 0 Å². The first-order valence-electron chi connectivity index (χ1n) is 12.4. The van der Waals surface area contributed by atoms with Crippen molar-refractivity contribution < 1.29 is 4.74 Å². The number of hydrogen-bond acceptors (Lipinski definition) is 3. The highest BCUT2D eigenvalue weighted by Gasteiger charge is 2.16. The Balaban J connectivity index is 1.49. The van der Waals surface area contributed by atoms with E-state index in [1.807, 2.05) is 0 Å². The lowest BCUT2D eigenvalue weighted by atomic mass is 10.0. The minimum Gasteiger partial charge on any atom is -0.497 e. The predicted octanol–water partition coefficient (Wildman–Crippen LogP) is 6.69. The first kappa shape index (κ1) is 24.1. The maximum absolute atomic E-state index is 5.39. The number of hydrogen-bond donors (Lipinski definition) is 0. The van der Waals surface area contributed by atoms with Crippen LogP contribution >= 0.6 is 0 Å². The fraction of sp³-hybridized carbons (Fsp3) is 0.769. The molecule has 0 N–H and O–H groups in total. The Labute approximate surface area is 180 Å². The minimum absolute atomic E-state index is 0.994. The number of ether oxygens (including phenoxy) is 1. The lowest BCUT2D eigenvalue weighted by Crippen LogP contribution is -2.30. The van der Waals surface area contributed by atoms with E-state index < -0.39 is 0 Å². The van der Waals surface area contributed by atoms with Gasteiger partial charge in [0.2, 0.25) is 0 Å². The summed E-state index contributed by atoms with van der Waals surface area (Å²) in [6.07, 6.45) is 16.3. The van der Waals surface area contributed by atoms with Gasteiger partial charge in [-0.05, 0) is 75.5 Å². The van der Waals surface area contributed by atoms with Gasteiger partial charge in [-0.15, -0.1) is 0 Å². The van der Waals surface area contributed by atoms with E-state index in [0.29, 0.717) is 0 Å². The molecule has 0 amide bonds. The fourth-order valence-electron chi connectivity index (χ4n) is 4.52. The van der Waals surface area contributed by atoms with E-state index in [9.17, 15) is 0 Å². The molecule has 0 radical (unpaired) electrons. The normalized spacial score (nSPS) is 13.7. The van der Waals surface area contributed by atoms with E-state index in [0.717, 1.165) is 5.75 Å². The molecule has 0 bridgehead atoms. The molecule has 3 nitrogen and oxygen atoms in total. The van der Waals surface area contributed by atoms with Crippen LogP contribution < -0.4 is 9.64 Å². The summed E-state index contributed by atoms with van der Waals surface area (Å²) in [5.74, 6) is 0.994. The third-order valence-electron chi connectivity index (χ3n) is 6.43. The summed E-state index contributed by atoms with van der Waals surface area (Å²) < 4.78 is 5.39. The molecule has 0 unspecified atom stereocenters. The number of anilines is 1. The Kier molecular flexibility index (Phi) is 12.2. The zero-order valence-electron chi connectivity index (χ0n) is 19.6.